The third kappa shape index (κ3) is 47.1. The maximum absolute atomic E-state index is 12.3. The van der Waals surface area contributed by atoms with Gasteiger partial charge in [0.15, 0.2) is 6.10 Å². The Bertz CT molecular complexity index is 882. The van der Waals surface area contributed by atoms with Gasteiger partial charge in [0.25, 0.3) is 0 Å². The molecule has 1 N–H and O–H groups in total. The van der Waals surface area contributed by atoms with Crippen LogP contribution in [0.15, 0.2) is 24.3 Å². The molecule has 0 aromatic carbocycles. The smallest absolute Gasteiger partial charge is 0.306 e. The lowest BCUT2D eigenvalue weighted by molar-refractivity contribution is -0.161. The lowest BCUT2D eigenvalue weighted by Crippen LogP contribution is -2.28. The molecule has 0 rings (SSSR count). The molecule has 1 atom stereocenters. The highest BCUT2D eigenvalue weighted by Gasteiger charge is 2.16. The molecule has 5 nitrogen and oxygen atoms in total. The van der Waals surface area contributed by atoms with Crippen LogP contribution in [0.25, 0.3) is 0 Å². The van der Waals surface area contributed by atoms with Gasteiger partial charge in [0.2, 0.25) is 0 Å². The second-order valence-electron chi connectivity index (χ2n) is 17.6. The summed E-state index contributed by atoms with van der Waals surface area (Å²) in [5, 5.41) is 9.61. The van der Waals surface area contributed by atoms with E-state index in [1.54, 1.807) is 0 Å². The Balaban J connectivity index is 3.43. The van der Waals surface area contributed by atoms with Crippen molar-refractivity contribution in [2.75, 3.05) is 13.2 Å². The SMILES string of the molecule is CCCCCCC/C=C\C/C=C\CCCCCCCCCCCCCCCCCCCC(=O)OC(CO)COC(=O)CCCCCCCCCCCCCCCCC. The average Bonchev–Trinajstić information content (AvgIpc) is 3.23. The van der Waals surface area contributed by atoms with Crippen molar-refractivity contribution in [3.8, 4) is 0 Å². The molecule has 5 heteroatoms. The molecule has 0 aliphatic rings. The highest BCUT2D eigenvalue weighted by Crippen LogP contribution is 2.17. The predicted octanol–water partition coefficient (Wildman–Crippen LogP) is 17.0. The van der Waals surface area contributed by atoms with Gasteiger partial charge in [0.05, 0.1) is 6.61 Å². The van der Waals surface area contributed by atoms with Crippen LogP contribution in [0.1, 0.15) is 284 Å². The molecule has 342 valence electrons. The van der Waals surface area contributed by atoms with Gasteiger partial charge in [0.1, 0.15) is 6.61 Å². The van der Waals surface area contributed by atoms with E-state index in [-0.39, 0.29) is 25.2 Å². The number of carbonyl (C=O) groups is 2. The first-order valence-corrected chi connectivity index (χ1v) is 25.9. The van der Waals surface area contributed by atoms with Gasteiger partial charge in [-0.15, -0.1) is 0 Å². The third-order valence-corrected chi connectivity index (χ3v) is 11.7. The molecule has 0 saturated heterocycles. The van der Waals surface area contributed by atoms with Crippen molar-refractivity contribution in [2.24, 2.45) is 0 Å². The van der Waals surface area contributed by atoms with Gasteiger partial charge in [0, 0.05) is 12.8 Å². The Morgan fingerprint density at radius 1 is 0.397 bits per heavy atom. The van der Waals surface area contributed by atoms with E-state index in [1.807, 2.05) is 0 Å². The zero-order chi connectivity index (χ0) is 42.1. The third-order valence-electron chi connectivity index (χ3n) is 11.7. The first-order chi connectivity index (χ1) is 28.6. The van der Waals surface area contributed by atoms with Crippen LogP contribution in [0.3, 0.4) is 0 Å². The minimum absolute atomic E-state index is 0.0591. The first kappa shape index (κ1) is 56.4. The van der Waals surface area contributed by atoms with Crippen LogP contribution in [0, 0.1) is 0 Å². The molecule has 58 heavy (non-hydrogen) atoms. The standard InChI is InChI=1S/C53H100O5/c1-3-5-7-9-11-13-15-17-19-20-21-22-23-24-25-26-27-28-29-30-31-32-34-36-38-40-42-44-46-48-53(56)58-51(49-54)50-57-52(55)47-45-43-41-39-37-35-33-18-16-14-12-10-8-6-4-2/h15,17,20-21,51,54H,3-14,16,18-19,22-50H2,1-2H3/b17-15-,21-20-. The molecule has 0 aromatic rings. The fourth-order valence-corrected chi connectivity index (χ4v) is 7.82. The summed E-state index contributed by atoms with van der Waals surface area (Å²) < 4.78 is 10.7. The minimum atomic E-state index is -0.766. The van der Waals surface area contributed by atoms with Crippen molar-refractivity contribution in [3.05, 3.63) is 24.3 Å². The van der Waals surface area contributed by atoms with Gasteiger partial charge in [-0.05, 0) is 44.9 Å². The molecule has 0 amide bonds. The second-order valence-corrected chi connectivity index (χ2v) is 17.6. The van der Waals surface area contributed by atoms with E-state index in [4.69, 9.17) is 9.47 Å². The maximum atomic E-state index is 12.3. The Hall–Kier alpha value is -1.62. The van der Waals surface area contributed by atoms with Crippen LogP contribution >= 0.6 is 0 Å². The van der Waals surface area contributed by atoms with Crippen molar-refractivity contribution in [1.29, 1.82) is 0 Å². The lowest BCUT2D eigenvalue weighted by Gasteiger charge is -2.15. The Morgan fingerprint density at radius 3 is 1.02 bits per heavy atom. The molecule has 0 aromatic heterocycles. The van der Waals surface area contributed by atoms with Gasteiger partial charge >= 0.3 is 11.9 Å². The van der Waals surface area contributed by atoms with Crippen molar-refractivity contribution >= 4 is 11.9 Å². The fraction of sp³-hybridized carbons (Fsp3) is 0.887. The topological polar surface area (TPSA) is 72.8 Å². The summed E-state index contributed by atoms with van der Waals surface area (Å²) in [6.07, 6.45) is 61.4. The molecule has 0 aliphatic carbocycles. The van der Waals surface area contributed by atoms with Gasteiger partial charge in [-0.3, -0.25) is 9.59 Å². The van der Waals surface area contributed by atoms with Crippen LogP contribution in [-0.2, 0) is 19.1 Å². The number of aliphatic hydroxyl groups excluding tert-OH is 1. The summed E-state index contributed by atoms with van der Waals surface area (Å²) in [7, 11) is 0. The van der Waals surface area contributed by atoms with Crippen LogP contribution in [-0.4, -0.2) is 36.4 Å². The zero-order valence-corrected chi connectivity index (χ0v) is 39.1. The summed E-state index contributed by atoms with van der Waals surface area (Å²) in [6, 6.07) is 0. The lowest BCUT2D eigenvalue weighted by atomic mass is 10.0. The normalized spacial score (nSPS) is 12.3. The molecular weight excluding hydrogens is 717 g/mol. The van der Waals surface area contributed by atoms with E-state index >= 15 is 0 Å². The van der Waals surface area contributed by atoms with Crippen molar-refractivity contribution in [1.82, 2.24) is 0 Å². The number of unbranched alkanes of at least 4 members (excludes halogenated alkanes) is 36. The number of aliphatic hydroxyl groups is 1. The number of rotatable bonds is 48. The van der Waals surface area contributed by atoms with Crippen molar-refractivity contribution < 1.29 is 24.2 Å². The zero-order valence-electron chi connectivity index (χ0n) is 39.1. The van der Waals surface area contributed by atoms with Gasteiger partial charge in [-0.1, -0.05) is 250 Å². The second kappa shape index (κ2) is 49.7. The minimum Gasteiger partial charge on any atom is -0.462 e. The Kier molecular flexibility index (Phi) is 48.4. The maximum Gasteiger partial charge on any atom is 0.306 e. The van der Waals surface area contributed by atoms with Gasteiger partial charge in [-0.25, -0.2) is 0 Å². The number of hydrogen-bond donors (Lipinski definition) is 1. The molecule has 0 radical (unpaired) electrons. The molecule has 0 saturated carbocycles. The monoisotopic (exact) mass is 817 g/mol. The van der Waals surface area contributed by atoms with E-state index in [9.17, 15) is 14.7 Å². The summed E-state index contributed by atoms with van der Waals surface area (Å²) in [4.78, 5) is 24.4. The predicted molar refractivity (Wildman–Crippen MR) is 251 cm³/mol. The highest BCUT2D eigenvalue weighted by molar-refractivity contribution is 5.70. The quantitative estimate of drug-likeness (QED) is 0.0376. The van der Waals surface area contributed by atoms with E-state index in [0.717, 1.165) is 38.5 Å². The van der Waals surface area contributed by atoms with Crippen LogP contribution in [0.5, 0.6) is 0 Å². The van der Waals surface area contributed by atoms with E-state index < -0.39 is 6.10 Å². The summed E-state index contributed by atoms with van der Waals surface area (Å²) in [5.41, 5.74) is 0. The van der Waals surface area contributed by atoms with E-state index in [0.29, 0.717) is 12.8 Å². The Morgan fingerprint density at radius 2 is 0.690 bits per heavy atom. The first-order valence-electron chi connectivity index (χ1n) is 25.9. The molecule has 0 heterocycles. The van der Waals surface area contributed by atoms with E-state index in [2.05, 4.69) is 38.2 Å². The highest BCUT2D eigenvalue weighted by atomic mass is 16.6. The number of ether oxygens (including phenoxy) is 2. The molecule has 0 bridgehead atoms. The number of allylic oxidation sites excluding steroid dienone is 4. The molecule has 0 fully saturated rings. The Labute approximate surface area is 362 Å². The van der Waals surface area contributed by atoms with E-state index in [1.165, 1.54) is 218 Å². The number of esters is 2. The van der Waals surface area contributed by atoms with Crippen LogP contribution in [0.2, 0.25) is 0 Å². The molecule has 0 spiro atoms. The van der Waals surface area contributed by atoms with Gasteiger partial charge in [-0.2, -0.15) is 0 Å². The summed E-state index contributed by atoms with van der Waals surface area (Å²) >= 11 is 0. The molecular formula is C53H100O5. The number of carbonyl (C=O) groups excluding carboxylic acids is 2. The average molecular weight is 817 g/mol. The molecule has 1 unspecified atom stereocenters. The van der Waals surface area contributed by atoms with Crippen molar-refractivity contribution in [2.45, 2.75) is 290 Å². The fourth-order valence-electron chi connectivity index (χ4n) is 7.82. The van der Waals surface area contributed by atoms with Crippen molar-refractivity contribution in [3.63, 3.8) is 0 Å². The number of hydrogen-bond acceptors (Lipinski definition) is 5. The summed E-state index contributed by atoms with van der Waals surface area (Å²) in [6.45, 7) is 4.17. The molecule has 0 aliphatic heterocycles. The largest absolute Gasteiger partial charge is 0.462 e. The van der Waals surface area contributed by atoms with Crippen LogP contribution < -0.4 is 0 Å². The summed E-state index contributed by atoms with van der Waals surface area (Å²) in [5.74, 6) is -0.573. The van der Waals surface area contributed by atoms with Gasteiger partial charge < -0.3 is 14.6 Å². The van der Waals surface area contributed by atoms with Crippen LogP contribution in [0.4, 0.5) is 0 Å².